The number of amides is 1. The molecule has 0 radical (unpaired) electrons. The largest absolute Gasteiger partial charge is 0.336 e. The van der Waals surface area contributed by atoms with Crippen LogP contribution in [-0.2, 0) is 11.2 Å². The average Bonchev–Trinajstić information content (AvgIpc) is 3.33. The molecule has 6 nitrogen and oxygen atoms in total. The molecule has 0 spiro atoms. The summed E-state index contributed by atoms with van der Waals surface area (Å²) in [5, 5.41) is 2.39. The number of benzene rings is 2. The van der Waals surface area contributed by atoms with E-state index in [1.165, 1.54) is 16.3 Å². The van der Waals surface area contributed by atoms with E-state index >= 15 is 0 Å². The third-order valence-corrected chi connectivity index (χ3v) is 6.52. The van der Waals surface area contributed by atoms with Crippen LogP contribution >= 0.6 is 0 Å². The second-order valence-electron chi connectivity index (χ2n) is 8.53. The number of nitrogens with zero attached hydrogens (tertiary/aromatic N) is 3. The Morgan fingerprint density at radius 3 is 2.70 bits per heavy atom. The minimum Gasteiger partial charge on any atom is -0.336 e. The van der Waals surface area contributed by atoms with Crippen LogP contribution in [0, 0.1) is 6.92 Å². The normalized spacial score (nSPS) is 15.8. The lowest BCUT2D eigenvalue weighted by molar-refractivity contribution is -0.132. The molecule has 0 aliphatic carbocycles. The summed E-state index contributed by atoms with van der Waals surface area (Å²) in [6.45, 7) is 2.58. The van der Waals surface area contributed by atoms with E-state index < -0.39 is 0 Å². The number of aryl methyl sites for hydroxylation is 1. The Labute approximate surface area is 192 Å². The molecule has 33 heavy (non-hydrogen) atoms. The third-order valence-electron chi connectivity index (χ3n) is 6.52. The molecule has 1 fully saturated rings. The van der Waals surface area contributed by atoms with Gasteiger partial charge in [0.05, 0.1) is 6.04 Å². The van der Waals surface area contributed by atoms with E-state index in [-0.39, 0.29) is 17.5 Å². The van der Waals surface area contributed by atoms with E-state index in [4.69, 9.17) is 0 Å². The number of rotatable bonds is 5. The molecule has 1 saturated heterocycles. The van der Waals surface area contributed by atoms with Crippen LogP contribution in [-0.4, -0.2) is 32.3 Å². The van der Waals surface area contributed by atoms with Gasteiger partial charge >= 0.3 is 0 Å². The molecular formula is C27H26N4O2. The predicted molar refractivity (Wildman–Crippen MR) is 129 cm³/mol. The summed E-state index contributed by atoms with van der Waals surface area (Å²) in [7, 11) is 0. The van der Waals surface area contributed by atoms with Gasteiger partial charge in [-0.15, -0.1) is 0 Å². The van der Waals surface area contributed by atoms with Crippen molar-refractivity contribution in [1.82, 2.24) is 19.9 Å². The van der Waals surface area contributed by atoms with Crippen LogP contribution in [0.3, 0.4) is 0 Å². The van der Waals surface area contributed by atoms with Gasteiger partial charge in [0, 0.05) is 42.2 Å². The number of aromatic nitrogens is 3. The van der Waals surface area contributed by atoms with Gasteiger partial charge in [-0.1, -0.05) is 42.5 Å². The second kappa shape index (κ2) is 8.98. The summed E-state index contributed by atoms with van der Waals surface area (Å²) in [5.41, 5.74) is 3.06. The number of likely N-dealkylation sites (tertiary alicyclic amines) is 1. The third kappa shape index (κ3) is 4.16. The van der Waals surface area contributed by atoms with Crippen molar-refractivity contribution in [3.05, 3.63) is 94.2 Å². The maximum atomic E-state index is 13.2. The van der Waals surface area contributed by atoms with Gasteiger partial charge < -0.3 is 9.88 Å². The molecule has 1 N–H and O–H groups in total. The van der Waals surface area contributed by atoms with Crippen molar-refractivity contribution in [2.24, 2.45) is 0 Å². The van der Waals surface area contributed by atoms with E-state index in [0.29, 0.717) is 29.9 Å². The van der Waals surface area contributed by atoms with Gasteiger partial charge in [0.1, 0.15) is 5.82 Å². The van der Waals surface area contributed by atoms with Crippen molar-refractivity contribution in [1.29, 1.82) is 0 Å². The Balaban J connectivity index is 1.34. The molecule has 3 heterocycles. The number of hydrogen-bond acceptors (Lipinski definition) is 4. The van der Waals surface area contributed by atoms with E-state index in [1.807, 2.05) is 36.1 Å². The lowest BCUT2D eigenvalue weighted by atomic mass is 9.97. The van der Waals surface area contributed by atoms with Crippen molar-refractivity contribution < 1.29 is 4.79 Å². The van der Waals surface area contributed by atoms with Crippen molar-refractivity contribution in [2.45, 2.75) is 38.6 Å². The Hall–Kier alpha value is -3.80. The molecule has 2 aromatic carbocycles. The van der Waals surface area contributed by atoms with Crippen molar-refractivity contribution in [3.8, 4) is 11.4 Å². The van der Waals surface area contributed by atoms with Crippen LogP contribution in [0.15, 0.2) is 71.8 Å². The van der Waals surface area contributed by atoms with Crippen molar-refractivity contribution in [2.75, 3.05) is 6.54 Å². The van der Waals surface area contributed by atoms with Crippen LogP contribution < -0.4 is 5.56 Å². The second-order valence-corrected chi connectivity index (χ2v) is 8.53. The highest BCUT2D eigenvalue weighted by Crippen LogP contribution is 2.36. The molecule has 0 unspecified atom stereocenters. The van der Waals surface area contributed by atoms with Gasteiger partial charge in [-0.3, -0.25) is 14.6 Å². The van der Waals surface area contributed by atoms with Crippen molar-refractivity contribution >= 4 is 16.7 Å². The SMILES string of the molecule is Cc1nc(-c2ccncc2)[nH]c(=O)c1CCC(=O)N1CCC[C@H]1c1cccc2ccccc12. The van der Waals surface area contributed by atoms with Gasteiger partial charge in [0.25, 0.3) is 5.56 Å². The fourth-order valence-electron chi connectivity index (χ4n) is 4.86. The highest BCUT2D eigenvalue weighted by Gasteiger charge is 2.30. The first-order chi connectivity index (χ1) is 16.1. The molecule has 2 aromatic heterocycles. The monoisotopic (exact) mass is 438 g/mol. The number of pyridine rings is 1. The zero-order chi connectivity index (χ0) is 22.8. The summed E-state index contributed by atoms with van der Waals surface area (Å²) in [6, 6.07) is 18.3. The number of nitrogens with one attached hydrogen (secondary N) is 1. The summed E-state index contributed by atoms with van der Waals surface area (Å²) in [6.07, 6.45) is 5.95. The predicted octanol–water partition coefficient (Wildman–Crippen LogP) is 4.59. The first-order valence-corrected chi connectivity index (χ1v) is 11.4. The van der Waals surface area contributed by atoms with Crippen LogP contribution in [0.2, 0.25) is 0 Å². The smallest absolute Gasteiger partial charge is 0.254 e. The molecule has 0 saturated carbocycles. The first-order valence-electron chi connectivity index (χ1n) is 11.4. The minimum atomic E-state index is -0.186. The maximum absolute atomic E-state index is 13.2. The number of aromatic amines is 1. The lowest BCUT2D eigenvalue weighted by Gasteiger charge is -2.26. The lowest BCUT2D eigenvalue weighted by Crippen LogP contribution is -2.31. The summed E-state index contributed by atoms with van der Waals surface area (Å²) >= 11 is 0. The number of hydrogen-bond donors (Lipinski definition) is 1. The standard InChI is InChI=1S/C27H26N4O2/c1-18-21(27(33)30-26(29-18)20-13-15-28-16-14-20)11-12-25(32)31-17-5-10-24(31)23-9-4-7-19-6-2-3-8-22(19)23/h2-4,6-9,13-16,24H,5,10-12,17H2,1H3,(H,29,30,33)/t24-/m0/s1. The zero-order valence-electron chi connectivity index (χ0n) is 18.6. The van der Waals surface area contributed by atoms with Crippen LogP contribution in [0.5, 0.6) is 0 Å². The molecule has 1 amide bonds. The summed E-state index contributed by atoms with van der Waals surface area (Å²) in [4.78, 5) is 39.4. The van der Waals surface area contributed by atoms with E-state index in [1.54, 1.807) is 12.4 Å². The fourth-order valence-corrected chi connectivity index (χ4v) is 4.86. The van der Waals surface area contributed by atoms with Gasteiger partial charge in [-0.25, -0.2) is 4.98 Å². The van der Waals surface area contributed by atoms with Gasteiger partial charge in [0.2, 0.25) is 5.91 Å². The molecule has 4 aromatic rings. The molecule has 0 bridgehead atoms. The molecule has 1 atom stereocenters. The van der Waals surface area contributed by atoms with Crippen LogP contribution in [0.1, 0.15) is 42.1 Å². The molecule has 1 aliphatic heterocycles. The van der Waals surface area contributed by atoms with E-state index in [0.717, 1.165) is 24.9 Å². The molecule has 5 rings (SSSR count). The number of carbonyl (C=O) groups excluding carboxylic acids is 1. The quantitative estimate of drug-likeness (QED) is 0.494. The molecule has 166 valence electrons. The highest BCUT2D eigenvalue weighted by molar-refractivity contribution is 5.87. The maximum Gasteiger partial charge on any atom is 0.254 e. The minimum absolute atomic E-state index is 0.0789. The average molecular weight is 439 g/mol. The van der Waals surface area contributed by atoms with E-state index in [2.05, 4.69) is 45.3 Å². The summed E-state index contributed by atoms with van der Waals surface area (Å²) in [5.74, 6) is 0.605. The van der Waals surface area contributed by atoms with E-state index in [9.17, 15) is 9.59 Å². The van der Waals surface area contributed by atoms with Gasteiger partial charge in [-0.2, -0.15) is 0 Å². The molecule has 1 aliphatic rings. The van der Waals surface area contributed by atoms with Crippen LogP contribution in [0.25, 0.3) is 22.2 Å². The van der Waals surface area contributed by atoms with Crippen molar-refractivity contribution in [3.63, 3.8) is 0 Å². The Kier molecular flexibility index (Phi) is 5.73. The molecular weight excluding hydrogens is 412 g/mol. The fraction of sp³-hybridized carbons (Fsp3) is 0.259. The highest BCUT2D eigenvalue weighted by atomic mass is 16.2. The first kappa shape index (κ1) is 21.1. The summed E-state index contributed by atoms with van der Waals surface area (Å²) < 4.78 is 0. The number of fused-ring (bicyclic) bond motifs is 1. The topological polar surface area (TPSA) is 79.0 Å². The Morgan fingerprint density at radius 1 is 1.09 bits per heavy atom. The number of carbonyl (C=O) groups is 1. The van der Waals surface area contributed by atoms with Crippen LogP contribution in [0.4, 0.5) is 0 Å². The van der Waals surface area contributed by atoms with Gasteiger partial charge in [0.15, 0.2) is 0 Å². The van der Waals surface area contributed by atoms with Gasteiger partial charge in [-0.05, 0) is 54.7 Å². The number of H-pyrrole nitrogens is 1. The molecule has 6 heteroatoms. The Morgan fingerprint density at radius 2 is 1.88 bits per heavy atom. The Bertz CT molecular complexity index is 1360. The zero-order valence-corrected chi connectivity index (χ0v) is 18.6.